The van der Waals surface area contributed by atoms with Crippen molar-refractivity contribution in [3.8, 4) is 95.0 Å². The van der Waals surface area contributed by atoms with Crippen molar-refractivity contribution in [3.05, 3.63) is 258 Å². The van der Waals surface area contributed by atoms with Crippen LogP contribution < -0.4 is 0 Å². The Morgan fingerprint density at radius 3 is 1.54 bits per heavy atom. The van der Waals surface area contributed by atoms with Gasteiger partial charge in [0.05, 0.1) is 22.4 Å². The van der Waals surface area contributed by atoms with Crippen LogP contribution >= 0.6 is 0 Å². The van der Waals surface area contributed by atoms with Crippen molar-refractivity contribution in [3.63, 3.8) is 0 Å². The van der Waals surface area contributed by atoms with Gasteiger partial charge in [-0.2, -0.15) is 0 Å². The largest absolute Gasteiger partial charge is 0.309 e. The van der Waals surface area contributed by atoms with Gasteiger partial charge >= 0.3 is 0 Å². The summed E-state index contributed by atoms with van der Waals surface area (Å²) in [4.78, 5) is 9.65. The number of para-hydroxylation sites is 1. The van der Waals surface area contributed by atoms with E-state index in [0.29, 0.717) is 0 Å². The molecule has 0 saturated heterocycles. The van der Waals surface area contributed by atoms with Crippen LogP contribution in [0.3, 0.4) is 0 Å². The first-order valence-corrected chi connectivity index (χ1v) is 26.6. The van der Waals surface area contributed by atoms with E-state index in [4.69, 9.17) is 9.97 Å². The van der Waals surface area contributed by atoms with Crippen molar-refractivity contribution < 1.29 is 0 Å². The molecule has 0 atom stereocenters. The number of aromatic nitrogens is 3. The molecule has 9 aromatic carbocycles. The molecule has 0 bridgehead atoms. The third-order valence-corrected chi connectivity index (χ3v) is 15.9. The fraction of sp³-hybridized carbons (Fsp3) is 0.123. The van der Waals surface area contributed by atoms with Gasteiger partial charge in [-0.1, -0.05) is 160 Å². The molecular formula is C73H61N3. The molecule has 3 nitrogen and oxygen atoms in total. The molecule has 76 heavy (non-hydrogen) atoms. The van der Waals surface area contributed by atoms with Gasteiger partial charge in [0, 0.05) is 40.0 Å². The second kappa shape index (κ2) is 19.4. The van der Waals surface area contributed by atoms with E-state index in [1.165, 1.54) is 122 Å². The Kier molecular flexibility index (Phi) is 12.3. The molecule has 0 saturated carbocycles. The number of pyridine rings is 2. The first kappa shape index (κ1) is 48.0. The standard InChI is InChI=1S/C73H61N3/c1-46-40-54(67-30-20-21-38-74-67)31-34-58(46)63-45-70-65(64-41-53(51-22-12-9-13-23-51)33-36-69(64)76(70)57-26-16-11-17-27-57)44-66(63)72-49(4)47(2)71(48(3)50(72)5)61-29-19-18-28-59(61)60-35-32-55(42-62(60)52-24-14-10-15-25-52)68-43-56(37-39-75-68)73(6,7)8/h9-45H,1-8H3. The number of benzene rings is 9. The van der Waals surface area contributed by atoms with Gasteiger partial charge in [0.1, 0.15) is 0 Å². The summed E-state index contributed by atoms with van der Waals surface area (Å²) >= 11 is 0. The van der Waals surface area contributed by atoms with Gasteiger partial charge in [-0.3, -0.25) is 9.97 Å². The van der Waals surface area contributed by atoms with Crippen molar-refractivity contribution in [2.75, 3.05) is 0 Å². The zero-order chi connectivity index (χ0) is 52.2. The van der Waals surface area contributed by atoms with E-state index in [1.54, 1.807) is 0 Å². The van der Waals surface area contributed by atoms with Gasteiger partial charge in [-0.05, 0) is 213 Å². The van der Waals surface area contributed by atoms with Crippen molar-refractivity contribution in [1.82, 2.24) is 14.5 Å². The van der Waals surface area contributed by atoms with Gasteiger partial charge in [0.25, 0.3) is 0 Å². The first-order chi connectivity index (χ1) is 36.9. The van der Waals surface area contributed by atoms with Crippen LogP contribution in [0.5, 0.6) is 0 Å². The average Bonchev–Trinajstić information content (AvgIpc) is 3.85. The predicted molar refractivity (Wildman–Crippen MR) is 322 cm³/mol. The topological polar surface area (TPSA) is 30.7 Å². The van der Waals surface area contributed by atoms with Gasteiger partial charge in [-0.25, -0.2) is 0 Å². The molecule has 368 valence electrons. The summed E-state index contributed by atoms with van der Waals surface area (Å²) in [6.07, 6.45) is 3.83. The van der Waals surface area contributed by atoms with Crippen LogP contribution in [0.25, 0.3) is 117 Å². The zero-order valence-corrected chi connectivity index (χ0v) is 44.7. The van der Waals surface area contributed by atoms with Crippen molar-refractivity contribution in [1.29, 1.82) is 0 Å². The highest BCUT2D eigenvalue weighted by Crippen LogP contribution is 2.49. The van der Waals surface area contributed by atoms with Gasteiger partial charge in [0.15, 0.2) is 0 Å². The molecule has 3 heterocycles. The number of fused-ring (bicyclic) bond motifs is 3. The molecule has 0 N–H and O–H groups in total. The number of nitrogens with zero attached hydrogens (tertiary/aromatic N) is 3. The molecule has 0 unspecified atom stereocenters. The molecular weight excluding hydrogens is 919 g/mol. The van der Waals surface area contributed by atoms with Crippen LogP contribution in [0.2, 0.25) is 0 Å². The Labute approximate surface area is 447 Å². The fourth-order valence-corrected chi connectivity index (χ4v) is 11.7. The number of rotatable bonds is 9. The maximum absolute atomic E-state index is 4.91. The van der Waals surface area contributed by atoms with Crippen LogP contribution in [0, 0.1) is 34.6 Å². The lowest BCUT2D eigenvalue weighted by Crippen LogP contribution is -2.11. The van der Waals surface area contributed by atoms with Crippen molar-refractivity contribution in [2.45, 2.75) is 60.8 Å². The van der Waals surface area contributed by atoms with Crippen molar-refractivity contribution >= 4 is 21.8 Å². The molecule has 0 aliphatic rings. The Bertz CT molecular complexity index is 4130. The third-order valence-electron chi connectivity index (χ3n) is 15.9. The molecule has 0 fully saturated rings. The molecule has 3 heteroatoms. The number of aryl methyl sites for hydroxylation is 1. The van der Waals surface area contributed by atoms with E-state index in [-0.39, 0.29) is 5.41 Å². The second-order valence-corrected chi connectivity index (χ2v) is 21.5. The maximum atomic E-state index is 4.91. The van der Waals surface area contributed by atoms with E-state index in [1.807, 2.05) is 18.5 Å². The third kappa shape index (κ3) is 8.52. The minimum Gasteiger partial charge on any atom is -0.309 e. The summed E-state index contributed by atoms with van der Waals surface area (Å²) in [5.41, 5.74) is 29.8. The lowest BCUT2D eigenvalue weighted by molar-refractivity contribution is 0.589. The highest BCUT2D eigenvalue weighted by molar-refractivity contribution is 6.14. The Balaban J connectivity index is 1.09. The molecule has 12 aromatic rings. The van der Waals surface area contributed by atoms with Crippen LogP contribution in [0.15, 0.2) is 225 Å². The van der Waals surface area contributed by atoms with Gasteiger partial charge in [0.2, 0.25) is 0 Å². The molecule has 3 aromatic heterocycles. The SMILES string of the molecule is Cc1cc(-c2ccccn2)ccc1-c1cc2c(cc1-c1c(C)c(C)c(-c3ccccc3-c3ccc(-c4cc(C(C)(C)C)ccn4)cc3-c3ccccc3)c(C)c1C)c1cc(-c3ccccc3)ccc1n2-c1ccccc1. The zero-order valence-electron chi connectivity index (χ0n) is 44.7. The summed E-state index contributed by atoms with van der Waals surface area (Å²) in [7, 11) is 0. The average molecular weight is 980 g/mol. The van der Waals surface area contributed by atoms with Gasteiger partial charge < -0.3 is 4.57 Å². The minimum absolute atomic E-state index is 0.00899. The Hall–Kier alpha value is -8.92. The summed E-state index contributed by atoms with van der Waals surface area (Å²) < 4.78 is 2.45. The summed E-state index contributed by atoms with van der Waals surface area (Å²) in [6.45, 7) is 18.4. The molecule has 0 spiro atoms. The van der Waals surface area contributed by atoms with Crippen molar-refractivity contribution in [2.24, 2.45) is 0 Å². The Morgan fingerprint density at radius 2 is 0.882 bits per heavy atom. The van der Waals surface area contributed by atoms with Crippen LogP contribution in [0.4, 0.5) is 0 Å². The van der Waals surface area contributed by atoms with E-state index in [0.717, 1.165) is 28.2 Å². The van der Waals surface area contributed by atoms with E-state index in [9.17, 15) is 0 Å². The van der Waals surface area contributed by atoms with E-state index < -0.39 is 0 Å². The first-order valence-electron chi connectivity index (χ1n) is 26.6. The second-order valence-electron chi connectivity index (χ2n) is 21.5. The predicted octanol–water partition coefficient (Wildman–Crippen LogP) is 19.7. The number of hydrogen-bond acceptors (Lipinski definition) is 2. The fourth-order valence-electron chi connectivity index (χ4n) is 11.7. The lowest BCUT2D eigenvalue weighted by Gasteiger charge is -2.25. The lowest BCUT2D eigenvalue weighted by atomic mass is 9.79. The normalized spacial score (nSPS) is 11.7. The number of hydrogen-bond donors (Lipinski definition) is 0. The maximum Gasteiger partial charge on any atom is 0.0705 e. The smallest absolute Gasteiger partial charge is 0.0705 e. The van der Waals surface area contributed by atoms with E-state index in [2.05, 4.69) is 266 Å². The summed E-state index contributed by atoms with van der Waals surface area (Å²) in [5.74, 6) is 0. The monoisotopic (exact) mass is 979 g/mol. The summed E-state index contributed by atoms with van der Waals surface area (Å²) in [6, 6.07) is 77.7. The molecule has 0 aliphatic heterocycles. The molecule has 0 radical (unpaired) electrons. The molecule has 0 aliphatic carbocycles. The van der Waals surface area contributed by atoms with Crippen LogP contribution in [0.1, 0.15) is 54.2 Å². The van der Waals surface area contributed by atoms with Gasteiger partial charge in [-0.15, -0.1) is 0 Å². The highest BCUT2D eigenvalue weighted by atomic mass is 15.0. The highest BCUT2D eigenvalue weighted by Gasteiger charge is 2.26. The molecule has 12 rings (SSSR count). The van der Waals surface area contributed by atoms with Crippen LogP contribution in [-0.2, 0) is 5.41 Å². The quantitative estimate of drug-likeness (QED) is 0.144. The van der Waals surface area contributed by atoms with E-state index >= 15 is 0 Å². The molecule has 0 amide bonds. The minimum atomic E-state index is 0.00899. The summed E-state index contributed by atoms with van der Waals surface area (Å²) in [5, 5.41) is 2.45. The van der Waals surface area contributed by atoms with Crippen LogP contribution in [-0.4, -0.2) is 14.5 Å². The Morgan fingerprint density at radius 1 is 0.329 bits per heavy atom.